The Morgan fingerprint density at radius 1 is 0.585 bits per heavy atom. The van der Waals surface area contributed by atoms with Crippen LogP contribution in [0.25, 0.3) is 0 Å². The lowest BCUT2D eigenvalue weighted by molar-refractivity contribution is -0.126. The normalized spacial score (nSPS) is 17.4. The Hall–Kier alpha value is -3.42. The van der Waals surface area contributed by atoms with Crippen molar-refractivity contribution in [1.29, 1.82) is 0 Å². The molecule has 0 radical (unpaired) electrons. The molecule has 0 bridgehead atoms. The molecule has 2 aliphatic carbocycles. The van der Waals surface area contributed by atoms with Gasteiger partial charge in [0, 0.05) is 36.8 Å². The maximum Gasteiger partial charge on any atom is 0.220 e. The Bertz CT molecular complexity index is 1180. The summed E-state index contributed by atoms with van der Waals surface area (Å²) in [5, 5.41) is 6.28. The monoisotopic (exact) mass is 566 g/mol. The second-order valence-electron chi connectivity index (χ2n) is 11.5. The molecule has 2 amide bonds. The van der Waals surface area contributed by atoms with Gasteiger partial charge in [-0.05, 0) is 61.1 Å². The van der Waals surface area contributed by atoms with Crippen LogP contribution in [0.15, 0.2) is 36.4 Å². The van der Waals surface area contributed by atoms with Gasteiger partial charge < -0.3 is 29.6 Å². The molecule has 2 aliphatic rings. The van der Waals surface area contributed by atoms with Gasteiger partial charge in [-0.2, -0.15) is 0 Å². The fourth-order valence-electron chi connectivity index (χ4n) is 6.69. The summed E-state index contributed by atoms with van der Waals surface area (Å²) in [6.45, 7) is 1.09. The highest BCUT2D eigenvalue weighted by molar-refractivity contribution is 5.83. The molecule has 0 saturated heterocycles. The lowest BCUT2D eigenvalue weighted by Gasteiger charge is -2.38. The van der Waals surface area contributed by atoms with E-state index in [1.54, 1.807) is 28.4 Å². The van der Waals surface area contributed by atoms with Crippen LogP contribution >= 0.6 is 0 Å². The molecule has 2 fully saturated rings. The van der Waals surface area contributed by atoms with Gasteiger partial charge in [-0.3, -0.25) is 9.59 Å². The van der Waals surface area contributed by atoms with Crippen molar-refractivity contribution in [3.05, 3.63) is 47.5 Å². The highest BCUT2D eigenvalue weighted by Gasteiger charge is 2.37. The van der Waals surface area contributed by atoms with Crippen LogP contribution < -0.4 is 29.6 Å². The highest BCUT2D eigenvalue weighted by Crippen LogP contribution is 2.44. The molecule has 4 rings (SSSR count). The van der Waals surface area contributed by atoms with Crippen LogP contribution in [0.2, 0.25) is 0 Å². The first-order chi connectivity index (χ1) is 19.9. The van der Waals surface area contributed by atoms with Crippen molar-refractivity contribution < 1.29 is 28.5 Å². The molecule has 8 nitrogen and oxygen atoms in total. The summed E-state index contributed by atoms with van der Waals surface area (Å²) in [5.41, 5.74) is 2.03. The van der Waals surface area contributed by atoms with Gasteiger partial charge >= 0.3 is 0 Å². The van der Waals surface area contributed by atoms with Crippen molar-refractivity contribution in [2.24, 2.45) is 0 Å². The molecule has 0 heterocycles. The highest BCUT2D eigenvalue weighted by atomic mass is 16.5. The minimum atomic E-state index is -0.149. The third-order valence-electron chi connectivity index (χ3n) is 9.19. The number of nitrogens with one attached hydrogen (secondary N) is 2. The molecular weight excluding hydrogens is 520 g/mol. The Morgan fingerprint density at radius 3 is 1.32 bits per heavy atom. The fraction of sp³-hybridized carbons (Fsp3) is 0.576. The SMILES string of the molecule is COc1ccc(C2(CNC(=O)CCC(=O)NCC3(c4ccc(OC)c(OC)c4)CCCC3)CCCCC2)cc1OC. The van der Waals surface area contributed by atoms with E-state index in [1.165, 1.54) is 6.42 Å². The van der Waals surface area contributed by atoms with E-state index < -0.39 is 0 Å². The van der Waals surface area contributed by atoms with Gasteiger partial charge in [0.05, 0.1) is 28.4 Å². The largest absolute Gasteiger partial charge is 0.493 e. The summed E-state index contributed by atoms with van der Waals surface area (Å²) in [6.07, 6.45) is 10.0. The summed E-state index contributed by atoms with van der Waals surface area (Å²) in [6, 6.07) is 12.1. The van der Waals surface area contributed by atoms with Crippen molar-refractivity contribution >= 4 is 11.8 Å². The number of hydrogen-bond donors (Lipinski definition) is 2. The van der Waals surface area contributed by atoms with Crippen LogP contribution in [0.5, 0.6) is 23.0 Å². The van der Waals surface area contributed by atoms with Gasteiger partial charge in [0.2, 0.25) is 11.8 Å². The molecule has 0 aliphatic heterocycles. The second kappa shape index (κ2) is 14.0. The molecule has 224 valence electrons. The van der Waals surface area contributed by atoms with E-state index in [0.717, 1.165) is 62.5 Å². The molecule has 2 saturated carbocycles. The molecule has 41 heavy (non-hydrogen) atoms. The predicted molar refractivity (Wildman–Crippen MR) is 159 cm³/mol. The molecular formula is C33H46N2O6. The van der Waals surface area contributed by atoms with Gasteiger partial charge in [0.1, 0.15) is 0 Å². The fourth-order valence-corrected chi connectivity index (χ4v) is 6.69. The molecule has 2 aromatic rings. The number of amides is 2. The van der Waals surface area contributed by atoms with E-state index in [2.05, 4.69) is 22.8 Å². The molecule has 0 unspecified atom stereocenters. The molecule has 0 atom stereocenters. The summed E-state index contributed by atoms with van der Waals surface area (Å²) < 4.78 is 21.9. The third kappa shape index (κ3) is 7.08. The van der Waals surface area contributed by atoms with Crippen molar-refractivity contribution in [3.8, 4) is 23.0 Å². The van der Waals surface area contributed by atoms with E-state index in [4.69, 9.17) is 18.9 Å². The molecule has 0 spiro atoms. The summed E-state index contributed by atoms with van der Waals surface area (Å²) in [7, 11) is 6.54. The van der Waals surface area contributed by atoms with Crippen LogP contribution in [-0.4, -0.2) is 53.3 Å². The van der Waals surface area contributed by atoms with Crippen LogP contribution in [0.3, 0.4) is 0 Å². The summed E-state index contributed by atoms with van der Waals surface area (Å²) in [4.78, 5) is 25.8. The van der Waals surface area contributed by atoms with Crippen molar-refractivity contribution in [1.82, 2.24) is 10.6 Å². The van der Waals surface area contributed by atoms with E-state index in [9.17, 15) is 9.59 Å². The van der Waals surface area contributed by atoms with Crippen LogP contribution in [0.4, 0.5) is 0 Å². The average molecular weight is 567 g/mol. The average Bonchev–Trinajstić information content (AvgIpc) is 3.51. The van der Waals surface area contributed by atoms with Crippen LogP contribution in [0.1, 0.15) is 81.8 Å². The minimum Gasteiger partial charge on any atom is -0.493 e. The van der Waals surface area contributed by atoms with E-state index in [1.807, 2.05) is 24.3 Å². The van der Waals surface area contributed by atoms with Crippen LogP contribution in [-0.2, 0) is 20.4 Å². The first kappa shape index (κ1) is 30.5. The number of methoxy groups -OCH3 is 4. The maximum absolute atomic E-state index is 12.9. The number of ether oxygens (including phenoxy) is 4. The van der Waals surface area contributed by atoms with Gasteiger partial charge in [0.25, 0.3) is 0 Å². The number of carbonyl (C=O) groups is 2. The van der Waals surface area contributed by atoms with Crippen molar-refractivity contribution in [3.63, 3.8) is 0 Å². The first-order valence-electron chi connectivity index (χ1n) is 14.9. The molecule has 2 aromatic carbocycles. The second-order valence-corrected chi connectivity index (χ2v) is 11.5. The van der Waals surface area contributed by atoms with Crippen molar-refractivity contribution in [2.45, 2.75) is 81.5 Å². The Morgan fingerprint density at radius 2 is 0.951 bits per heavy atom. The Balaban J connectivity index is 1.33. The molecule has 0 aromatic heterocycles. The zero-order chi connectivity index (χ0) is 29.3. The topological polar surface area (TPSA) is 95.1 Å². The number of rotatable bonds is 13. The van der Waals surface area contributed by atoms with Gasteiger partial charge in [-0.1, -0.05) is 44.2 Å². The molecule has 8 heteroatoms. The van der Waals surface area contributed by atoms with Crippen molar-refractivity contribution in [2.75, 3.05) is 41.5 Å². The van der Waals surface area contributed by atoms with Crippen LogP contribution in [0, 0.1) is 0 Å². The maximum atomic E-state index is 12.9. The predicted octanol–water partition coefficient (Wildman–Crippen LogP) is 5.45. The third-order valence-corrected chi connectivity index (χ3v) is 9.19. The van der Waals surface area contributed by atoms with Gasteiger partial charge in [-0.25, -0.2) is 0 Å². The van der Waals surface area contributed by atoms with Gasteiger partial charge in [-0.15, -0.1) is 0 Å². The zero-order valence-electron chi connectivity index (χ0n) is 25.1. The zero-order valence-corrected chi connectivity index (χ0v) is 25.1. The molecule has 2 N–H and O–H groups in total. The number of carbonyl (C=O) groups excluding carboxylic acids is 2. The van der Waals surface area contributed by atoms with E-state index >= 15 is 0 Å². The van der Waals surface area contributed by atoms with Gasteiger partial charge in [0.15, 0.2) is 23.0 Å². The van der Waals surface area contributed by atoms with E-state index in [0.29, 0.717) is 36.1 Å². The lowest BCUT2D eigenvalue weighted by Crippen LogP contribution is -2.43. The summed E-state index contributed by atoms with van der Waals surface area (Å²) in [5.74, 6) is 2.60. The first-order valence-corrected chi connectivity index (χ1v) is 14.9. The minimum absolute atomic E-state index is 0.0963. The Labute approximate surface area is 244 Å². The smallest absolute Gasteiger partial charge is 0.220 e. The van der Waals surface area contributed by atoms with E-state index in [-0.39, 0.29) is 35.5 Å². The Kier molecular flexibility index (Phi) is 10.4. The summed E-state index contributed by atoms with van der Waals surface area (Å²) >= 11 is 0. The lowest BCUT2D eigenvalue weighted by atomic mass is 9.69. The number of hydrogen-bond acceptors (Lipinski definition) is 6. The quantitative estimate of drug-likeness (QED) is 0.335. The standard InChI is InChI=1S/C33H46N2O6/c1-38-26-12-10-24(20-28(26)40-3)32(16-6-5-7-17-32)22-34-30(36)14-15-31(37)35-23-33(18-8-9-19-33)25-11-13-27(39-2)29(21-25)41-4/h10-13,20-21H,5-9,14-19,22-23H2,1-4H3,(H,34,36)(H,35,37). The number of benzene rings is 2.